The standard InChI is InChI=1S/C15H24N4O2/c1-4-18(5-2)11(3)10-17-15-12-8-9-16-13(12)6-7-14(15)19(20)21/h6-7,11,16-17H,4-5,8-10H2,1-3H3. The molecule has 2 rings (SSSR count). The van der Waals surface area contributed by atoms with Gasteiger partial charge in [-0.1, -0.05) is 13.8 Å². The Morgan fingerprint density at radius 2 is 2.14 bits per heavy atom. The molecule has 1 aliphatic rings. The van der Waals surface area contributed by atoms with E-state index in [9.17, 15) is 10.1 Å². The summed E-state index contributed by atoms with van der Waals surface area (Å²) in [5.41, 5.74) is 2.90. The number of fused-ring (bicyclic) bond motifs is 1. The van der Waals surface area contributed by atoms with E-state index in [4.69, 9.17) is 0 Å². The number of hydrogen-bond acceptors (Lipinski definition) is 5. The van der Waals surface area contributed by atoms with Gasteiger partial charge < -0.3 is 10.6 Å². The molecule has 1 atom stereocenters. The maximum atomic E-state index is 11.2. The molecule has 6 heteroatoms. The smallest absolute Gasteiger partial charge is 0.292 e. The second kappa shape index (κ2) is 6.76. The molecule has 1 aromatic carbocycles. The lowest BCUT2D eigenvalue weighted by Gasteiger charge is -2.27. The number of benzene rings is 1. The highest BCUT2D eigenvalue weighted by Crippen LogP contribution is 2.36. The number of nitro groups is 1. The monoisotopic (exact) mass is 292 g/mol. The van der Waals surface area contributed by atoms with E-state index < -0.39 is 0 Å². The first kappa shape index (κ1) is 15.6. The zero-order valence-electron chi connectivity index (χ0n) is 13.0. The summed E-state index contributed by atoms with van der Waals surface area (Å²) in [5.74, 6) is 0. The molecular weight excluding hydrogens is 268 g/mol. The van der Waals surface area contributed by atoms with Gasteiger partial charge in [0, 0.05) is 36.4 Å². The molecule has 1 heterocycles. The number of nitrogens with zero attached hydrogens (tertiary/aromatic N) is 2. The number of likely N-dealkylation sites (N-methyl/N-ethyl adjacent to an activating group) is 1. The van der Waals surface area contributed by atoms with Gasteiger partial charge in [0.15, 0.2) is 0 Å². The Morgan fingerprint density at radius 1 is 1.43 bits per heavy atom. The van der Waals surface area contributed by atoms with Crippen molar-refractivity contribution >= 4 is 17.1 Å². The molecule has 0 radical (unpaired) electrons. The summed E-state index contributed by atoms with van der Waals surface area (Å²) in [5, 5.41) is 17.8. The number of nitrogens with one attached hydrogen (secondary N) is 2. The van der Waals surface area contributed by atoms with Crippen molar-refractivity contribution in [2.75, 3.05) is 36.8 Å². The Balaban J connectivity index is 2.19. The molecule has 0 amide bonds. The molecule has 2 N–H and O–H groups in total. The summed E-state index contributed by atoms with van der Waals surface area (Å²) < 4.78 is 0. The minimum absolute atomic E-state index is 0.171. The molecule has 0 aliphatic carbocycles. The van der Waals surface area contributed by atoms with Crippen LogP contribution >= 0.6 is 0 Å². The SMILES string of the molecule is CCN(CC)C(C)CNc1c([N+](=O)[O-])ccc2c1CCN2. The number of hydrogen-bond donors (Lipinski definition) is 2. The van der Waals surface area contributed by atoms with Crippen LogP contribution in [0.1, 0.15) is 26.3 Å². The summed E-state index contributed by atoms with van der Waals surface area (Å²) in [6.07, 6.45) is 0.832. The Bertz CT molecular complexity index is 515. The summed E-state index contributed by atoms with van der Waals surface area (Å²) in [4.78, 5) is 13.3. The van der Waals surface area contributed by atoms with Crippen LogP contribution in [0.5, 0.6) is 0 Å². The van der Waals surface area contributed by atoms with Gasteiger partial charge >= 0.3 is 0 Å². The Labute approximate surface area is 125 Å². The zero-order valence-corrected chi connectivity index (χ0v) is 13.0. The van der Waals surface area contributed by atoms with E-state index >= 15 is 0 Å². The largest absolute Gasteiger partial charge is 0.384 e. The fraction of sp³-hybridized carbons (Fsp3) is 0.600. The lowest BCUT2D eigenvalue weighted by Crippen LogP contribution is -2.37. The molecule has 21 heavy (non-hydrogen) atoms. The number of anilines is 2. The van der Waals surface area contributed by atoms with Crippen molar-refractivity contribution in [3.63, 3.8) is 0 Å². The van der Waals surface area contributed by atoms with Crippen molar-refractivity contribution in [3.05, 3.63) is 27.8 Å². The van der Waals surface area contributed by atoms with Gasteiger partial charge in [0.25, 0.3) is 5.69 Å². The molecule has 0 bridgehead atoms. The van der Waals surface area contributed by atoms with Gasteiger partial charge in [0.1, 0.15) is 5.69 Å². The summed E-state index contributed by atoms with van der Waals surface area (Å²) >= 11 is 0. The van der Waals surface area contributed by atoms with Crippen LogP contribution in [0.4, 0.5) is 17.1 Å². The number of nitro benzene ring substituents is 1. The highest BCUT2D eigenvalue weighted by Gasteiger charge is 2.24. The third kappa shape index (κ3) is 3.26. The van der Waals surface area contributed by atoms with E-state index in [1.54, 1.807) is 12.1 Å². The first-order chi connectivity index (χ1) is 10.1. The van der Waals surface area contributed by atoms with E-state index in [-0.39, 0.29) is 10.6 Å². The predicted molar refractivity (Wildman–Crippen MR) is 86.2 cm³/mol. The number of rotatable bonds is 7. The third-order valence-corrected chi connectivity index (χ3v) is 4.19. The van der Waals surface area contributed by atoms with E-state index in [2.05, 4.69) is 36.3 Å². The van der Waals surface area contributed by atoms with Crippen LogP contribution in [0.2, 0.25) is 0 Å². The van der Waals surface area contributed by atoms with Gasteiger partial charge in [-0.15, -0.1) is 0 Å². The molecule has 1 aromatic rings. The molecule has 1 unspecified atom stereocenters. The van der Waals surface area contributed by atoms with Crippen LogP contribution < -0.4 is 10.6 Å². The average Bonchev–Trinajstić information content (AvgIpc) is 2.94. The highest BCUT2D eigenvalue weighted by atomic mass is 16.6. The van der Waals surface area contributed by atoms with Crippen molar-refractivity contribution in [2.24, 2.45) is 0 Å². The molecule has 6 nitrogen and oxygen atoms in total. The van der Waals surface area contributed by atoms with Crippen LogP contribution in [-0.2, 0) is 6.42 Å². The first-order valence-electron chi connectivity index (χ1n) is 7.60. The van der Waals surface area contributed by atoms with Gasteiger partial charge in [-0.3, -0.25) is 15.0 Å². The van der Waals surface area contributed by atoms with Crippen LogP contribution in [0, 0.1) is 10.1 Å². The van der Waals surface area contributed by atoms with Gasteiger partial charge in [0.05, 0.1) is 4.92 Å². The second-order valence-corrected chi connectivity index (χ2v) is 5.37. The van der Waals surface area contributed by atoms with Crippen LogP contribution in [0.3, 0.4) is 0 Å². The van der Waals surface area contributed by atoms with E-state index in [1.165, 1.54) is 0 Å². The fourth-order valence-corrected chi connectivity index (χ4v) is 2.96. The Hall–Kier alpha value is -1.82. The lowest BCUT2D eigenvalue weighted by molar-refractivity contribution is -0.384. The molecule has 0 saturated heterocycles. The Kier molecular flexibility index (Phi) is 5.01. The van der Waals surface area contributed by atoms with E-state index in [0.717, 1.165) is 37.3 Å². The van der Waals surface area contributed by atoms with Crippen molar-refractivity contribution in [1.29, 1.82) is 0 Å². The molecule has 0 fully saturated rings. The normalized spacial score (nSPS) is 14.7. The van der Waals surface area contributed by atoms with Crippen molar-refractivity contribution in [3.8, 4) is 0 Å². The summed E-state index contributed by atoms with van der Waals surface area (Å²) in [6, 6.07) is 3.73. The Morgan fingerprint density at radius 3 is 2.76 bits per heavy atom. The average molecular weight is 292 g/mol. The first-order valence-corrected chi connectivity index (χ1v) is 7.60. The molecule has 0 saturated carbocycles. The van der Waals surface area contributed by atoms with Gasteiger partial charge in [0.2, 0.25) is 0 Å². The third-order valence-electron chi connectivity index (χ3n) is 4.19. The second-order valence-electron chi connectivity index (χ2n) is 5.37. The maximum absolute atomic E-state index is 11.2. The molecule has 0 aromatic heterocycles. The molecule has 1 aliphatic heterocycles. The van der Waals surface area contributed by atoms with Crippen molar-refractivity contribution < 1.29 is 4.92 Å². The molecule has 116 valence electrons. The topological polar surface area (TPSA) is 70.4 Å². The van der Waals surface area contributed by atoms with Gasteiger partial charge in [-0.25, -0.2) is 0 Å². The zero-order chi connectivity index (χ0) is 15.4. The minimum atomic E-state index is -0.303. The quantitative estimate of drug-likeness (QED) is 0.597. The van der Waals surface area contributed by atoms with Crippen molar-refractivity contribution in [1.82, 2.24) is 4.90 Å². The van der Waals surface area contributed by atoms with Crippen molar-refractivity contribution in [2.45, 2.75) is 33.2 Å². The van der Waals surface area contributed by atoms with Gasteiger partial charge in [-0.2, -0.15) is 0 Å². The maximum Gasteiger partial charge on any atom is 0.292 e. The minimum Gasteiger partial charge on any atom is -0.384 e. The molecular formula is C15H24N4O2. The summed E-state index contributed by atoms with van der Waals surface area (Å²) in [7, 11) is 0. The fourth-order valence-electron chi connectivity index (χ4n) is 2.96. The van der Waals surface area contributed by atoms with E-state index in [0.29, 0.717) is 18.3 Å². The highest BCUT2D eigenvalue weighted by molar-refractivity contribution is 5.77. The van der Waals surface area contributed by atoms with Crippen LogP contribution in [-0.4, -0.2) is 42.0 Å². The van der Waals surface area contributed by atoms with Crippen LogP contribution in [0.25, 0.3) is 0 Å². The van der Waals surface area contributed by atoms with Crippen LogP contribution in [0.15, 0.2) is 12.1 Å². The summed E-state index contributed by atoms with van der Waals surface area (Å²) in [6.45, 7) is 9.92. The predicted octanol–water partition coefficient (Wildman–Crippen LogP) is 2.71. The molecule has 0 spiro atoms. The van der Waals surface area contributed by atoms with Gasteiger partial charge in [-0.05, 0) is 32.5 Å². The van der Waals surface area contributed by atoms with E-state index in [1.807, 2.05) is 0 Å². The lowest BCUT2D eigenvalue weighted by atomic mass is 10.1.